The number of carbonyl (C=O) groups is 3. The van der Waals surface area contributed by atoms with E-state index in [1.54, 1.807) is 11.0 Å². The van der Waals surface area contributed by atoms with Gasteiger partial charge in [0.25, 0.3) is 0 Å². The lowest BCUT2D eigenvalue weighted by Crippen LogP contribution is -2.60. The van der Waals surface area contributed by atoms with Crippen molar-refractivity contribution in [2.75, 3.05) is 13.2 Å². The number of amides is 2. The number of nitrogens with zero attached hydrogens (tertiary/aromatic N) is 2. The van der Waals surface area contributed by atoms with Crippen molar-refractivity contribution in [3.05, 3.63) is 48.6 Å². The molecule has 3 heterocycles. The number of carbonyl (C=O) groups excluding carboxylic acids is 2. The number of aliphatic carboxylic acids is 1. The summed E-state index contributed by atoms with van der Waals surface area (Å²) in [5, 5.41) is 20.2. The van der Waals surface area contributed by atoms with Crippen LogP contribution in [0.5, 0.6) is 0 Å². The summed E-state index contributed by atoms with van der Waals surface area (Å²) in [5.41, 5.74) is -0.280. The quantitative estimate of drug-likeness (QED) is 0.545. The SMILES string of the molecule is C=CCN(C(=O)[C@@H]1N([C@@H](CO)Cc2ccccc2)C(=O)[C@H]2[C@H](C(=O)O)[C@@H]3CC[C@]12O3)C(C)C. The highest BCUT2D eigenvalue weighted by Crippen LogP contribution is 2.59. The van der Waals surface area contributed by atoms with Crippen LogP contribution in [0.4, 0.5) is 0 Å². The highest BCUT2D eigenvalue weighted by molar-refractivity contribution is 5.98. The molecule has 0 aliphatic carbocycles. The van der Waals surface area contributed by atoms with Crippen molar-refractivity contribution >= 4 is 17.8 Å². The van der Waals surface area contributed by atoms with Gasteiger partial charge in [-0.1, -0.05) is 36.4 Å². The summed E-state index contributed by atoms with van der Waals surface area (Å²) < 4.78 is 6.25. The van der Waals surface area contributed by atoms with Crippen LogP contribution in [-0.4, -0.2) is 80.8 Å². The van der Waals surface area contributed by atoms with E-state index in [9.17, 15) is 24.6 Å². The van der Waals surface area contributed by atoms with Gasteiger partial charge in [-0.2, -0.15) is 0 Å². The van der Waals surface area contributed by atoms with Crippen molar-refractivity contribution in [3.63, 3.8) is 0 Å². The summed E-state index contributed by atoms with van der Waals surface area (Å²) in [6.45, 7) is 7.48. The zero-order valence-corrected chi connectivity index (χ0v) is 19.1. The first kappa shape index (κ1) is 23.4. The third kappa shape index (κ3) is 3.65. The van der Waals surface area contributed by atoms with E-state index < -0.39 is 47.5 Å². The maximum Gasteiger partial charge on any atom is 0.310 e. The standard InChI is InChI=1S/C25H32N2O6/c1-4-12-26(15(2)3)23(30)21-25-11-10-18(33-25)19(24(31)32)20(25)22(29)27(21)17(14-28)13-16-8-6-5-7-9-16/h4-9,15,17-21,28H,1,10-14H2,2-3H3,(H,31,32)/t17-,18+,19-,20-,21+,25-/m1/s1. The fraction of sp³-hybridized carbons (Fsp3) is 0.560. The van der Waals surface area contributed by atoms with Crippen molar-refractivity contribution in [2.45, 2.75) is 62.9 Å². The Kier molecular flexibility index (Phi) is 6.33. The Morgan fingerprint density at radius 2 is 2.03 bits per heavy atom. The lowest BCUT2D eigenvalue weighted by Gasteiger charge is -2.40. The molecule has 4 rings (SSSR count). The first-order chi connectivity index (χ1) is 15.8. The molecule has 8 heteroatoms. The molecule has 3 fully saturated rings. The molecule has 3 aliphatic heterocycles. The molecule has 8 nitrogen and oxygen atoms in total. The van der Waals surface area contributed by atoms with Crippen LogP contribution in [0.25, 0.3) is 0 Å². The molecule has 33 heavy (non-hydrogen) atoms. The molecule has 0 saturated carbocycles. The molecule has 1 aromatic rings. The number of ether oxygens (including phenoxy) is 1. The minimum Gasteiger partial charge on any atom is -0.481 e. The average Bonchev–Trinajstić information content (AvgIpc) is 3.43. The van der Waals surface area contributed by atoms with Crippen LogP contribution in [-0.2, 0) is 25.5 Å². The van der Waals surface area contributed by atoms with Crippen molar-refractivity contribution in [3.8, 4) is 0 Å². The van der Waals surface area contributed by atoms with Gasteiger partial charge in [-0.25, -0.2) is 0 Å². The molecular formula is C25H32N2O6. The zero-order valence-electron chi connectivity index (χ0n) is 19.1. The van der Waals surface area contributed by atoms with Gasteiger partial charge in [-0.3, -0.25) is 14.4 Å². The highest BCUT2D eigenvalue weighted by atomic mass is 16.5. The molecule has 6 atom stereocenters. The number of aliphatic hydroxyl groups is 1. The molecule has 2 amide bonds. The zero-order chi connectivity index (χ0) is 23.9. The van der Waals surface area contributed by atoms with Crippen LogP contribution in [0.1, 0.15) is 32.3 Å². The lowest BCUT2D eigenvalue weighted by molar-refractivity contribution is -0.154. The van der Waals surface area contributed by atoms with Crippen LogP contribution < -0.4 is 0 Å². The van der Waals surface area contributed by atoms with E-state index in [4.69, 9.17) is 4.74 Å². The second-order valence-electron chi connectivity index (χ2n) is 9.54. The molecule has 2 N–H and O–H groups in total. The van der Waals surface area contributed by atoms with Crippen molar-refractivity contribution in [1.82, 2.24) is 9.80 Å². The van der Waals surface area contributed by atoms with Gasteiger partial charge in [0, 0.05) is 12.6 Å². The predicted molar refractivity (Wildman–Crippen MR) is 120 cm³/mol. The Morgan fingerprint density at radius 1 is 1.33 bits per heavy atom. The molecule has 3 aliphatic rings. The highest BCUT2D eigenvalue weighted by Gasteiger charge is 2.75. The number of aliphatic hydroxyl groups excluding tert-OH is 1. The Balaban J connectivity index is 1.79. The second kappa shape index (κ2) is 8.91. The van der Waals surface area contributed by atoms with Gasteiger partial charge in [-0.15, -0.1) is 6.58 Å². The van der Waals surface area contributed by atoms with Gasteiger partial charge < -0.3 is 24.7 Å². The molecular weight excluding hydrogens is 424 g/mol. The molecule has 0 radical (unpaired) electrons. The molecule has 3 saturated heterocycles. The second-order valence-corrected chi connectivity index (χ2v) is 9.54. The number of carboxylic acid groups (broad SMARTS) is 1. The van der Waals surface area contributed by atoms with E-state index in [1.807, 2.05) is 44.2 Å². The first-order valence-electron chi connectivity index (χ1n) is 11.6. The van der Waals surface area contributed by atoms with E-state index >= 15 is 0 Å². The molecule has 0 aromatic heterocycles. The van der Waals surface area contributed by atoms with E-state index in [1.165, 1.54) is 4.90 Å². The summed E-state index contributed by atoms with van der Waals surface area (Å²) >= 11 is 0. The molecule has 1 spiro atoms. The number of fused-ring (bicyclic) bond motifs is 1. The third-order valence-electron chi connectivity index (χ3n) is 7.41. The van der Waals surface area contributed by atoms with E-state index in [2.05, 4.69) is 6.58 Å². The van der Waals surface area contributed by atoms with Gasteiger partial charge in [0.1, 0.15) is 11.6 Å². The summed E-state index contributed by atoms with van der Waals surface area (Å²) in [7, 11) is 0. The molecule has 1 aromatic carbocycles. The van der Waals surface area contributed by atoms with Crippen LogP contribution in [0.2, 0.25) is 0 Å². The Labute approximate surface area is 193 Å². The number of hydrogen-bond acceptors (Lipinski definition) is 5. The lowest BCUT2D eigenvalue weighted by atomic mass is 9.70. The van der Waals surface area contributed by atoms with Crippen LogP contribution in [0, 0.1) is 11.8 Å². The number of likely N-dealkylation sites (tertiary alicyclic amines) is 1. The average molecular weight is 457 g/mol. The van der Waals surface area contributed by atoms with E-state index in [0.29, 0.717) is 25.8 Å². The number of rotatable bonds is 9. The van der Waals surface area contributed by atoms with E-state index in [0.717, 1.165) is 5.56 Å². The van der Waals surface area contributed by atoms with E-state index in [-0.39, 0.29) is 18.6 Å². The van der Waals surface area contributed by atoms with Gasteiger partial charge in [0.05, 0.1) is 30.6 Å². The van der Waals surface area contributed by atoms with Gasteiger partial charge >= 0.3 is 5.97 Å². The normalized spacial score (nSPS) is 31.0. The van der Waals surface area contributed by atoms with Crippen LogP contribution in [0.3, 0.4) is 0 Å². The Hall–Kier alpha value is -2.71. The largest absolute Gasteiger partial charge is 0.481 e. The van der Waals surface area contributed by atoms with Crippen molar-refractivity contribution in [2.24, 2.45) is 11.8 Å². The van der Waals surface area contributed by atoms with Gasteiger partial charge in [0.2, 0.25) is 11.8 Å². The first-order valence-corrected chi connectivity index (χ1v) is 11.6. The minimum atomic E-state index is -1.19. The smallest absolute Gasteiger partial charge is 0.310 e. The van der Waals surface area contributed by atoms with Crippen LogP contribution in [0.15, 0.2) is 43.0 Å². The van der Waals surface area contributed by atoms with Crippen molar-refractivity contribution in [1.29, 1.82) is 0 Å². The summed E-state index contributed by atoms with van der Waals surface area (Å²) in [6, 6.07) is 7.62. The summed E-state index contributed by atoms with van der Waals surface area (Å²) in [4.78, 5) is 43.0. The van der Waals surface area contributed by atoms with Crippen LogP contribution >= 0.6 is 0 Å². The number of carboxylic acids is 1. The monoisotopic (exact) mass is 456 g/mol. The summed E-state index contributed by atoms with van der Waals surface area (Å²) in [5.74, 6) is -3.72. The fourth-order valence-corrected chi connectivity index (χ4v) is 6.03. The molecule has 2 bridgehead atoms. The fourth-order valence-electron chi connectivity index (χ4n) is 6.03. The Morgan fingerprint density at radius 3 is 2.61 bits per heavy atom. The number of benzene rings is 1. The third-order valence-corrected chi connectivity index (χ3v) is 7.41. The molecule has 178 valence electrons. The molecule has 0 unspecified atom stereocenters. The minimum absolute atomic E-state index is 0.154. The number of hydrogen-bond donors (Lipinski definition) is 2. The van der Waals surface area contributed by atoms with Gasteiger partial charge in [-0.05, 0) is 38.7 Å². The van der Waals surface area contributed by atoms with Gasteiger partial charge in [0.15, 0.2) is 0 Å². The maximum atomic E-state index is 14.0. The maximum absolute atomic E-state index is 14.0. The van der Waals surface area contributed by atoms with Crippen molar-refractivity contribution < 1.29 is 29.3 Å². The topological polar surface area (TPSA) is 107 Å². The Bertz CT molecular complexity index is 934. The summed E-state index contributed by atoms with van der Waals surface area (Å²) in [6.07, 6.45) is 2.33. The predicted octanol–water partition coefficient (Wildman–Crippen LogP) is 1.47.